The highest BCUT2D eigenvalue weighted by molar-refractivity contribution is 5.79. The van der Waals surface area contributed by atoms with Gasteiger partial charge in [-0.2, -0.15) is 5.26 Å². The van der Waals surface area contributed by atoms with Gasteiger partial charge >= 0.3 is 0 Å². The van der Waals surface area contributed by atoms with Crippen LogP contribution in [-0.4, -0.2) is 51.4 Å². The molecule has 0 radical (unpaired) electrons. The lowest BCUT2D eigenvalue weighted by Crippen LogP contribution is -2.57. The second-order valence-corrected chi connectivity index (χ2v) is 8.75. The van der Waals surface area contributed by atoms with E-state index in [1.54, 1.807) is 6.33 Å². The van der Waals surface area contributed by atoms with Crippen LogP contribution in [0, 0.1) is 17.2 Å². The van der Waals surface area contributed by atoms with E-state index in [4.69, 9.17) is 5.26 Å². The van der Waals surface area contributed by atoms with Crippen LogP contribution in [0.4, 0.5) is 0 Å². The van der Waals surface area contributed by atoms with Gasteiger partial charge in [0.25, 0.3) is 0 Å². The van der Waals surface area contributed by atoms with Crippen LogP contribution < -0.4 is 0 Å². The molecule has 1 aromatic heterocycles. The minimum absolute atomic E-state index is 0.0642. The number of imidazole rings is 1. The summed E-state index contributed by atoms with van der Waals surface area (Å²) >= 11 is 0. The van der Waals surface area contributed by atoms with E-state index in [2.05, 4.69) is 32.8 Å². The summed E-state index contributed by atoms with van der Waals surface area (Å²) in [5.41, 5.74) is 2.88. The Bertz CT molecular complexity index is 866. The van der Waals surface area contributed by atoms with Crippen molar-refractivity contribution in [3.63, 3.8) is 0 Å². The molecule has 1 saturated carbocycles. The van der Waals surface area contributed by atoms with Gasteiger partial charge < -0.3 is 9.88 Å². The third-order valence-corrected chi connectivity index (χ3v) is 6.43. The number of aromatic nitrogens is 2. The third kappa shape index (κ3) is 4.91. The average molecular weight is 406 g/mol. The first-order valence-electron chi connectivity index (χ1n) is 11.2. The number of aromatic amines is 1. The van der Waals surface area contributed by atoms with Crippen LogP contribution in [0.3, 0.4) is 0 Å². The molecule has 30 heavy (non-hydrogen) atoms. The van der Waals surface area contributed by atoms with Crippen LogP contribution in [0.15, 0.2) is 36.8 Å². The topological polar surface area (TPSA) is 76.0 Å². The summed E-state index contributed by atoms with van der Waals surface area (Å²) in [6, 6.07) is 10.4. The van der Waals surface area contributed by atoms with Crippen LogP contribution in [0.5, 0.6) is 0 Å². The maximum absolute atomic E-state index is 13.0. The summed E-state index contributed by atoms with van der Waals surface area (Å²) in [6.07, 6.45) is 10.3. The summed E-state index contributed by atoms with van der Waals surface area (Å²) in [6.45, 7) is 4.44. The number of amides is 1. The Balaban J connectivity index is 1.57. The number of hydrogen-bond donors (Lipinski definition) is 1. The first-order valence-corrected chi connectivity index (χ1v) is 11.2. The van der Waals surface area contributed by atoms with Gasteiger partial charge in [-0.05, 0) is 49.3 Å². The summed E-state index contributed by atoms with van der Waals surface area (Å²) in [5.74, 6) is 0.966. The zero-order valence-electron chi connectivity index (χ0n) is 17.8. The van der Waals surface area contributed by atoms with E-state index in [1.807, 2.05) is 30.5 Å². The molecular weight excluding hydrogens is 374 g/mol. The summed E-state index contributed by atoms with van der Waals surface area (Å²) < 4.78 is 0. The number of H-pyrrole nitrogens is 1. The normalized spacial score (nSPS) is 20.9. The summed E-state index contributed by atoms with van der Waals surface area (Å²) in [5, 5.41) is 9.09. The number of carbonyl (C=O) groups excluding carboxylic acids is 1. The molecule has 6 heteroatoms. The number of unbranched alkanes of at least 4 members (excludes halogenated alkanes) is 1. The predicted molar refractivity (Wildman–Crippen MR) is 116 cm³/mol. The van der Waals surface area contributed by atoms with E-state index in [1.165, 1.54) is 19.3 Å². The molecule has 1 aromatic carbocycles. The maximum atomic E-state index is 13.0. The quantitative estimate of drug-likeness (QED) is 0.690. The number of piperazine rings is 1. The minimum atomic E-state index is 0.0642. The summed E-state index contributed by atoms with van der Waals surface area (Å²) in [7, 11) is 0. The molecule has 2 heterocycles. The van der Waals surface area contributed by atoms with Crippen molar-refractivity contribution in [2.75, 3.05) is 19.6 Å². The Morgan fingerprint density at radius 3 is 2.73 bits per heavy atom. The van der Waals surface area contributed by atoms with Gasteiger partial charge in [-0.3, -0.25) is 9.69 Å². The Hall–Kier alpha value is -2.65. The fourth-order valence-electron chi connectivity index (χ4n) is 4.49. The number of benzene rings is 1. The Labute approximate surface area is 178 Å². The van der Waals surface area contributed by atoms with Gasteiger partial charge in [0.15, 0.2) is 0 Å². The van der Waals surface area contributed by atoms with Crippen LogP contribution in [0.1, 0.15) is 61.9 Å². The summed E-state index contributed by atoms with van der Waals surface area (Å²) in [4.78, 5) is 25.1. The molecule has 2 aromatic rings. The molecule has 0 bridgehead atoms. The third-order valence-electron chi connectivity index (χ3n) is 6.43. The molecule has 1 aliphatic carbocycles. The lowest BCUT2D eigenvalue weighted by molar-refractivity contribution is -0.140. The lowest BCUT2D eigenvalue weighted by atomic mass is 9.96. The molecular formula is C24H31N5O. The van der Waals surface area contributed by atoms with Crippen molar-refractivity contribution < 1.29 is 4.79 Å². The van der Waals surface area contributed by atoms with Gasteiger partial charge in [-0.15, -0.1) is 0 Å². The fourth-order valence-corrected chi connectivity index (χ4v) is 4.49. The Morgan fingerprint density at radius 1 is 1.30 bits per heavy atom. The number of hydrogen-bond acceptors (Lipinski definition) is 4. The smallest absolute Gasteiger partial charge is 0.236 e. The number of nitrogens with zero attached hydrogens (tertiary/aromatic N) is 4. The van der Waals surface area contributed by atoms with Crippen molar-refractivity contribution in [1.29, 1.82) is 5.26 Å². The second kappa shape index (κ2) is 9.44. The van der Waals surface area contributed by atoms with Gasteiger partial charge in [0.2, 0.25) is 5.91 Å². The van der Waals surface area contributed by atoms with Crippen molar-refractivity contribution in [1.82, 2.24) is 19.8 Å². The number of nitriles is 1. The van der Waals surface area contributed by atoms with E-state index < -0.39 is 0 Å². The van der Waals surface area contributed by atoms with E-state index in [-0.39, 0.29) is 11.9 Å². The van der Waals surface area contributed by atoms with Crippen LogP contribution in [-0.2, 0) is 11.2 Å². The van der Waals surface area contributed by atoms with Gasteiger partial charge in [-0.1, -0.05) is 31.9 Å². The molecule has 158 valence electrons. The van der Waals surface area contributed by atoms with Crippen molar-refractivity contribution >= 4 is 5.91 Å². The van der Waals surface area contributed by atoms with Gasteiger partial charge in [0.1, 0.15) is 0 Å². The number of rotatable bonds is 9. The van der Waals surface area contributed by atoms with Crippen molar-refractivity contribution in [3.05, 3.63) is 53.6 Å². The lowest BCUT2D eigenvalue weighted by Gasteiger charge is -2.45. The first kappa shape index (κ1) is 20.6. The standard InChI is InChI=1S/C24H31N5O/c1-2-3-4-21-15-28(14-20-9-10-20)24(30)16-29(21)23(22-13-26-17-27-22)11-18-5-7-19(12-25)8-6-18/h5-8,13,17,20-21,23H,2-4,9-11,14-16H2,1H3,(H,26,27)/t21-,23?/m0/s1. The van der Waals surface area contributed by atoms with Crippen LogP contribution >= 0.6 is 0 Å². The second-order valence-electron chi connectivity index (χ2n) is 8.75. The molecule has 1 aliphatic heterocycles. The molecule has 1 saturated heterocycles. The molecule has 1 unspecified atom stereocenters. The highest BCUT2D eigenvalue weighted by atomic mass is 16.2. The Morgan fingerprint density at radius 2 is 2.10 bits per heavy atom. The zero-order chi connectivity index (χ0) is 20.9. The van der Waals surface area contributed by atoms with Gasteiger partial charge in [0.05, 0.1) is 36.2 Å². The minimum Gasteiger partial charge on any atom is -0.347 e. The fraction of sp³-hybridized carbons (Fsp3) is 0.542. The van der Waals surface area contributed by atoms with E-state index in [0.717, 1.165) is 49.5 Å². The van der Waals surface area contributed by atoms with Crippen molar-refractivity contribution in [2.24, 2.45) is 5.92 Å². The van der Waals surface area contributed by atoms with Crippen molar-refractivity contribution in [2.45, 2.75) is 57.5 Å². The molecule has 0 spiro atoms. The van der Waals surface area contributed by atoms with Gasteiger partial charge in [-0.25, -0.2) is 4.98 Å². The molecule has 4 rings (SSSR count). The number of carbonyl (C=O) groups is 1. The zero-order valence-corrected chi connectivity index (χ0v) is 17.8. The molecule has 2 aliphatic rings. The van der Waals surface area contributed by atoms with Crippen LogP contribution in [0.25, 0.3) is 0 Å². The largest absolute Gasteiger partial charge is 0.347 e. The molecule has 2 fully saturated rings. The Kier molecular flexibility index (Phi) is 6.49. The van der Waals surface area contributed by atoms with E-state index >= 15 is 0 Å². The van der Waals surface area contributed by atoms with E-state index in [0.29, 0.717) is 18.2 Å². The molecule has 6 nitrogen and oxygen atoms in total. The number of nitrogens with one attached hydrogen (secondary N) is 1. The molecule has 1 N–H and O–H groups in total. The highest BCUT2D eigenvalue weighted by Crippen LogP contribution is 2.34. The highest BCUT2D eigenvalue weighted by Gasteiger charge is 2.38. The first-order chi connectivity index (χ1) is 14.7. The predicted octanol–water partition coefficient (Wildman–Crippen LogP) is 3.68. The van der Waals surface area contributed by atoms with Crippen LogP contribution in [0.2, 0.25) is 0 Å². The van der Waals surface area contributed by atoms with E-state index in [9.17, 15) is 4.79 Å². The maximum Gasteiger partial charge on any atom is 0.236 e. The SMILES string of the molecule is CCCC[C@H]1CN(CC2CC2)C(=O)CN1C(Cc1ccc(C#N)cc1)c1cnc[nH]1. The monoisotopic (exact) mass is 405 g/mol. The molecule has 1 amide bonds. The van der Waals surface area contributed by atoms with Gasteiger partial charge in [0, 0.05) is 25.3 Å². The van der Waals surface area contributed by atoms with Crippen molar-refractivity contribution in [3.8, 4) is 6.07 Å². The average Bonchev–Trinajstić information content (AvgIpc) is 3.42. The molecule has 2 atom stereocenters.